The second-order valence-electron chi connectivity index (χ2n) is 7.10. The largest absolute Gasteiger partial charge is 0.495 e. The van der Waals surface area contributed by atoms with E-state index in [0.717, 1.165) is 19.7 Å². The summed E-state index contributed by atoms with van der Waals surface area (Å²) in [5, 5.41) is 9.68. The van der Waals surface area contributed by atoms with Crippen LogP contribution in [0.25, 0.3) is 0 Å². The van der Waals surface area contributed by atoms with E-state index in [4.69, 9.17) is 10.00 Å². The lowest BCUT2D eigenvalue weighted by Gasteiger charge is -2.23. The number of rotatable bonds is 6. The van der Waals surface area contributed by atoms with Crippen LogP contribution in [0, 0.1) is 11.3 Å². The van der Waals surface area contributed by atoms with Gasteiger partial charge >= 0.3 is 10.2 Å². The van der Waals surface area contributed by atoms with E-state index in [0.29, 0.717) is 35.4 Å². The number of carbonyl (C=O) groups excluding carboxylic acids is 1. The van der Waals surface area contributed by atoms with Crippen molar-refractivity contribution in [3.05, 3.63) is 53.1 Å². The van der Waals surface area contributed by atoms with E-state index >= 15 is 0 Å². The van der Waals surface area contributed by atoms with E-state index in [2.05, 4.69) is 20.2 Å². The topological polar surface area (TPSA) is 93.9 Å². The standard InChI is InChI=1S/C20H23N4O4PS/c1-22(11-15-6-4-5-14(7-15)10-21)12-16-8-17(28-3)20(18(29)9-16)24-13-19(25)23(2)30(24,26)27/h4-9H,11-13,29H2,1-3H3. The van der Waals surface area contributed by atoms with Crippen molar-refractivity contribution in [2.75, 3.05) is 32.1 Å². The van der Waals surface area contributed by atoms with Crippen molar-refractivity contribution in [3.63, 3.8) is 0 Å². The summed E-state index contributed by atoms with van der Waals surface area (Å²) in [5.41, 5.74) is 2.91. The highest BCUT2D eigenvalue weighted by molar-refractivity contribution is 7.91. The molecule has 0 aromatic heterocycles. The van der Waals surface area contributed by atoms with Crippen LogP contribution in [0.4, 0.5) is 5.69 Å². The first-order valence-electron chi connectivity index (χ1n) is 9.10. The van der Waals surface area contributed by atoms with E-state index in [1.54, 1.807) is 12.1 Å². The third-order valence-electron chi connectivity index (χ3n) is 4.85. The minimum absolute atomic E-state index is 0.259. The molecule has 0 aliphatic carbocycles. The third kappa shape index (κ3) is 4.26. The summed E-state index contributed by atoms with van der Waals surface area (Å²) in [6.07, 6.45) is 0. The summed E-state index contributed by atoms with van der Waals surface area (Å²) in [7, 11) is 3.29. The van der Waals surface area contributed by atoms with Gasteiger partial charge in [-0.2, -0.15) is 13.7 Å². The molecule has 1 aliphatic rings. The van der Waals surface area contributed by atoms with Crippen LogP contribution < -0.4 is 14.3 Å². The van der Waals surface area contributed by atoms with Gasteiger partial charge in [-0.25, -0.2) is 8.61 Å². The molecule has 0 saturated carbocycles. The minimum atomic E-state index is -3.92. The zero-order valence-corrected chi connectivity index (χ0v) is 19.0. The Bertz CT molecular complexity index is 1130. The SMILES string of the molecule is COc1cc(CN(C)Cc2cccc(C#N)c2)cc(P)c1N1CC(=O)N(C)S1(=O)=O. The van der Waals surface area contributed by atoms with Crippen LogP contribution in [-0.4, -0.2) is 51.3 Å². The summed E-state index contributed by atoms with van der Waals surface area (Å²) in [4.78, 5) is 14.0. The summed E-state index contributed by atoms with van der Waals surface area (Å²) in [6, 6.07) is 13.2. The number of amides is 1. The maximum Gasteiger partial charge on any atom is 0.329 e. The molecule has 0 N–H and O–H groups in total. The van der Waals surface area contributed by atoms with Crippen molar-refractivity contribution >= 4 is 36.3 Å². The first-order valence-corrected chi connectivity index (χ1v) is 11.1. The lowest BCUT2D eigenvalue weighted by atomic mass is 10.1. The number of nitrogens with zero attached hydrogens (tertiary/aromatic N) is 4. The number of carbonyl (C=O) groups is 1. The Morgan fingerprint density at radius 2 is 1.93 bits per heavy atom. The van der Waals surface area contributed by atoms with Gasteiger partial charge < -0.3 is 4.74 Å². The maximum absolute atomic E-state index is 12.6. The quantitative estimate of drug-likeness (QED) is 0.620. The number of likely N-dealkylation sites (N-methyl/N-ethyl adjacent to an activating group) is 1. The molecule has 1 fully saturated rings. The smallest absolute Gasteiger partial charge is 0.329 e. The molecule has 2 aromatic carbocycles. The van der Waals surface area contributed by atoms with E-state index in [-0.39, 0.29) is 6.54 Å². The van der Waals surface area contributed by atoms with Crippen molar-refractivity contribution in [3.8, 4) is 11.8 Å². The van der Waals surface area contributed by atoms with Gasteiger partial charge in [-0.3, -0.25) is 9.69 Å². The van der Waals surface area contributed by atoms with Gasteiger partial charge in [0.2, 0.25) is 0 Å². The first kappa shape index (κ1) is 22.0. The molecule has 1 aliphatic heterocycles. The molecule has 2 aromatic rings. The lowest BCUT2D eigenvalue weighted by molar-refractivity contribution is -0.123. The van der Waals surface area contributed by atoms with Crippen molar-refractivity contribution in [2.24, 2.45) is 0 Å². The fourth-order valence-corrected chi connectivity index (χ4v) is 5.31. The van der Waals surface area contributed by atoms with E-state index < -0.39 is 16.1 Å². The molecule has 10 heteroatoms. The van der Waals surface area contributed by atoms with Gasteiger partial charge in [-0.1, -0.05) is 12.1 Å². The van der Waals surface area contributed by atoms with Crippen molar-refractivity contribution in [1.82, 2.24) is 9.21 Å². The second-order valence-corrected chi connectivity index (χ2v) is 9.60. The van der Waals surface area contributed by atoms with Gasteiger partial charge in [0.25, 0.3) is 5.91 Å². The summed E-state index contributed by atoms with van der Waals surface area (Å²) in [6.45, 7) is 0.969. The Kier molecular flexibility index (Phi) is 6.32. The molecular weight excluding hydrogens is 423 g/mol. The Hall–Kier alpha value is -2.66. The van der Waals surface area contributed by atoms with Gasteiger partial charge in [-0.15, -0.1) is 9.24 Å². The first-order chi connectivity index (χ1) is 14.2. The number of hydrogen-bond donors (Lipinski definition) is 0. The van der Waals surface area contributed by atoms with Gasteiger partial charge in [-0.05, 0) is 47.7 Å². The number of methoxy groups -OCH3 is 1. The summed E-state index contributed by atoms with van der Waals surface area (Å²) < 4.78 is 32.4. The summed E-state index contributed by atoms with van der Waals surface area (Å²) >= 11 is 0. The van der Waals surface area contributed by atoms with Crippen molar-refractivity contribution < 1.29 is 17.9 Å². The highest BCUT2D eigenvalue weighted by Gasteiger charge is 2.42. The second kappa shape index (κ2) is 8.60. The Balaban J connectivity index is 1.85. The molecule has 1 unspecified atom stereocenters. The van der Waals surface area contributed by atoms with Gasteiger partial charge in [0.15, 0.2) is 0 Å². The predicted molar refractivity (Wildman–Crippen MR) is 118 cm³/mol. The van der Waals surface area contributed by atoms with E-state index in [1.807, 2.05) is 31.3 Å². The average Bonchev–Trinajstić information content (AvgIpc) is 2.90. The van der Waals surface area contributed by atoms with Crippen molar-refractivity contribution in [1.29, 1.82) is 5.26 Å². The minimum Gasteiger partial charge on any atom is -0.495 e. The van der Waals surface area contributed by atoms with Gasteiger partial charge in [0.1, 0.15) is 18.0 Å². The monoisotopic (exact) mass is 446 g/mol. The molecule has 158 valence electrons. The van der Waals surface area contributed by atoms with Gasteiger partial charge in [0.05, 0.1) is 18.7 Å². The molecule has 0 spiro atoms. The zero-order valence-electron chi connectivity index (χ0n) is 17.0. The molecule has 0 radical (unpaired) electrons. The number of ether oxygens (including phenoxy) is 1. The number of anilines is 1. The van der Waals surface area contributed by atoms with E-state index in [9.17, 15) is 13.2 Å². The Labute approximate surface area is 179 Å². The Morgan fingerprint density at radius 3 is 2.53 bits per heavy atom. The van der Waals surface area contributed by atoms with Crippen LogP contribution in [0.2, 0.25) is 0 Å². The number of benzene rings is 2. The highest BCUT2D eigenvalue weighted by atomic mass is 32.2. The lowest BCUT2D eigenvalue weighted by Crippen LogP contribution is -2.33. The number of hydrogen-bond acceptors (Lipinski definition) is 6. The van der Waals surface area contributed by atoms with Crippen molar-refractivity contribution in [2.45, 2.75) is 13.1 Å². The van der Waals surface area contributed by atoms with Gasteiger partial charge in [0, 0.05) is 20.1 Å². The normalized spacial score (nSPS) is 15.5. The molecule has 3 rings (SSSR count). The van der Waals surface area contributed by atoms with E-state index in [1.165, 1.54) is 14.2 Å². The number of nitriles is 1. The van der Waals surface area contributed by atoms with Crippen LogP contribution in [-0.2, 0) is 28.1 Å². The molecule has 8 nitrogen and oxygen atoms in total. The fraction of sp³-hybridized carbons (Fsp3) is 0.300. The molecule has 30 heavy (non-hydrogen) atoms. The van der Waals surface area contributed by atoms with Crippen LogP contribution in [0.5, 0.6) is 5.75 Å². The molecule has 1 heterocycles. The van der Waals surface area contributed by atoms with Crippen LogP contribution >= 0.6 is 9.24 Å². The fourth-order valence-electron chi connectivity index (χ4n) is 3.40. The van der Waals surface area contributed by atoms with Crippen LogP contribution in [0.15, 0.2) is 36.4 Å². The van der Waals surface area contributed by atoms with Crippen LogP contribution in [0.3, 0.4) is 0 Å². The zero-order chi connectivity index (χ0) is 22.1. The highest BCUT2D eigenvalue weighted by Crippen LogP contribution is 2.34. The third-order valence-corrected chi connectivity index (χ3v) is 7.05. The average molecular weight is 446 g/mol. The molecule has 1 amide bonds. The molecule has 0 bridgehead atoms. The molecular formula is C20H23N4O4PS. The molecule has 1 atom stereocenters. The molecule has 1 saturated heterocycles. The summed E-state index contributed by atoms with van der Waals surface area (Å²) in [5.74, 6) is -0.117. The predicted octanol–water partition coefficient (Wildman–Crippen LogP) is 1.22. The maximum atomic E-state index is 12.6. The Morgan fingerprint density at radius 1 is 1.23 bits per heavy atom. The van der Waals surface area contributed by atoms with Crippen LogP contribution in [0.1, 0.15) is 16.7 Å².